The smallest absolute Gasteiger partial charge is 0.380 e. The molecule has 0 bridgehead atoms. The zero-order chi connectivity index (χ0) is 20.1. The van der Waals surface area contributed by atoms with E-state index in [-0.39, 0.29) is 17.8 Å². The maximum absolute atomic E-state index is 13.7. The van der Waals surface area contributed by atoms with Crippen molar-refractivity contribution in [1.82, 2.24) is 9.97 Å². The molecular formula is C18H13F5N4S. The average molecular weight is 412 g/mol. The van der Waals surface area contributed by atoms with Crippen LogP contribution >= 0.6 is 11.9 Å². The summed E-state index contributed by atoms with van der Waals surface area (Å²) in [7, 11) is 0. The molecule has 0 amide bonds. The lowest BCUT2D eigenvalue weighted by Gasteiger charge is -2.16. The second-order valence-electron chi connectivity index (χ2n) is 5.59. The predicted molar refractivity (Wildman–Crippen MR) is 96.6 cm³/mol. The van der Waals surface area contributed by atoms with Crippen molar-refractivity contribution in [2.45, 2.75) is 17.6 Å². The summed E-state index contributed by atoms with van der Waals surface area (Å²) in [5.41, 5.74) is -1.22. The van der Waals surface area contributed by atoms with E-state index in [1.807, 2.05) is 0 Å². The summed E-state index contributed by atoms with van der Waals surface area (Å²) in [5, 5.41) is 2.53. The largest absolute Gasteiger partial charge is 0.418 e. The SMILES string of the molecule is Fc1ccc(F)c(CNc2ccc(SNc3ccncn3)cc2C(F)(F)F)c1. The molecule has 0 saturated carbocycles. The van der Waals surface area contributed by atoms with Crippen molar-refractivity contribution in [3.63, 3.8) is 0 Å². The van der Waals surface area contributed by atoms with Gasteiger partial charge in [0.2, 0.25) is 0 Å². The van der Waals surface area contributed by atoms with Crippen LogP contribution < -0.4 is 10.0 Å². The summed E-state index contributed by atoms with van der Waals surface area (Å²) in [6.45, 7) is -0.293. The minimum absolute atomic E-state index is 0.0722. The number of nitrogens with one attached hydrogen (secondary N) is 2. The van der Waals surface area contributed by atoms with Crippen LogP contribution in [-0.2, 0) is 12.7 Å². The van der Waals surface area contributed by atoms with E-state index in [1.165, 1.54) is 24.7 Å². The summed E-state index contributed by atoms with van der Waals surface area (Å²) in [6, 6.07) is 8.05. The summed E-state index contributed by atoms with van der Waals surface area (Å²) >= 11 is 0.954. The summed E-state index contributed by atoms with van der Waals surface area (Å²) in [5.74, 6) is -0.933. The van der Waals surface area contributed by atoms with Gasteiger partial charge in [0.05, 0.1) is 5.56 Å². The third-order valence-electron chi connectivity index (χ3n) is 3.63. The van der Waals surface area contributed by atoms with Gasteiger partial charge in [0, 0.05) is 28.9 Å². The molecule has 0 radical (unpaired) electrons. The van der Waals surface area contributed by atoms with E-state index < -0.39 is 23.4 Å². The number of nitrogens with zero attached hydrogens (tertiary/aromatic N) is 2. The zero-order valence-corrected chi connectivity index (χ0v) is 14.9. The number of anilines is 2. The lowest BCUT2D eigenvalue weighted by molar-refractivity contribution is -0.137. The van der Waals surface area contributed by atoms with Crippen LogP contribution in [0.2, 0.25) is 0 Å². The van der Waals surface area contributed by atoms with E-state index >= 15 is 0 Å². The molecule has 3 rings (SSSR count). The van der Waals surface area contributed by atoms with Crippen LogP contribution in [0.3, 0.4) is 0 Å². The highest BCUT2D eigenvalue weighted by atomic mass is 32.2. The minimum Gasteiger partial charge on any atom is -0.380 e. The lowest BCUT2D eigenvalue weighted by atomic mass is 10.1. The van der Waals surface area contributed by atoms with Crippen molar-refractivity contribution in [3.8, 4) is 0 Å². The monoisotopic (exact) mass is 412 g/mol. The third kappa shape index (κ3) is 5.10. The van der Waals surface area contributed by atoms with Gasteiger partial charge in [-0.1, -0.05) is 0 Å². The van der Waals surface area contributed by atoms with E-state index in [9.17, 15) is 22.0 Å². The number of benzene rings is 2. The highest BCUT2D eigenvalue weighted by Crippen LogP contribution is 2.37. The Labute approximate surface area is 161 Å². The molecule has 0 spiro atoms. The van der Waals surface area contributed by atoms with Gasteiger partial charge >= 0.3 is 6.18 Å². The van der Waals surface area contributed by atoms with Gasteiger partial charge in [-0.15, -0.1) is 0 Å². The van der Waals surface area contributed by atoms with Gasteiger partial charge in [-0.05, 0) is 54.4 Å². The van der Waals surface area contributed by atoms with Crippen molar-refractivity contribution in [2.24, 2.45) is 0 Å². The van der Waals surface area contributed by atoms with Gasteiger partial charge in [0.25, 0.3) is 0 Å². The molecule has 0 aliphatic rings. The fourth-order valence-electron chi connectivity index (χ4n) is 2.31. The molecule has 3 aromatic rings. The molecule has 146 valence electrons. The highest BCUT2D eigenvalue weighted by molar-refractivity contribution is 8.00. The molecule has 28 heavy (non-hydrogen) atoms. The maximum atomic E-state index is 13.7. The molecule has 0 fully saturated rings. The van der Waals surface area contributed by atoms with Crippen LogP contribution in [0.1, 0.15) is 11.1 Å². The Morgan fingerprint density at radius 1 is 1.00 bits per heavy atom. The number of alkyl halides is 3. The first-order chi connectivity index (χ1) is 13.3. The average Bonchev–Trinajstić information content (AvgIpc) is 2.67. The molecule has 2 aromatic carbocycles. The Balaban J connectivity index is 1.78. The normalized spacial score (nSPS) is 11.3. The van der Waals surface area contributed by atoms with Crippen LogP contribution in [0.4, 0.5) is 33.5 Å². The van der Waals surface area contributed by atoms with Crippen molar-refractivity contribution in [3.05, 3.63) is 77.8 Å². The van der Waals surface area contributed by atoms with E-state index in [0.29, 0.717) is 10.7 Å². The van der Waals surface area contributed by atoms with Gasteiger partial charge < -0.3 is 10.0 Å². The molecule has 0 aliphatic carbocycles. The standard InChI is InChI=1S/C18H13F5N4S/c19-12-1-3-15(20)11(7-12)9-25-16-4-2-13(8-14(16)18(21,22)23)28-27-17-5-6-24-10-26-17/h1-8,10,25H,9H2,(H,24,26,27). The fraction of sp³-hybridized carbons (Fsp3) is 0.111. The highest BCUT2D eigenvalue weighted by Gasteiger charge is 2.34. The van der Waals surface area contributed by atoms with E-state index in [2.05, 4.69) is 20.0 Å². The quantitative estimate of drug-likeness (QED) is 0.413. The molecule has 0 atom stereocenters. The zero-order valence-electron chi connectivity index (χ0n) is 14.1. The Morgan fingerprint density at radius 3 is 2.54 bits per heavy atom. The van der Waals surface area contributed by atoms with Crippen LogP contribution in [0.25, 0.3) is 0 Å². The first-order valence-corrected chi connectivity index (χ1v) is 8.72. The number of rotatable bonds is 6. The molecule has 2 N–H and O–H groups in total. The number of aromatic nitrogens is 2. The Morgan fingerprint density at radius 2 is 1.82 bits per heavy atom. The molecular weight excluding hydrogens is 399 g/mol. The second kappa shape index (κ2) is 8.42. The summed E-state index contributed by atoms with van der Waals surface area (Å²) in [4.78, 5) is 7.96. The Kier molecular flexibility index (Phi) is 5.98. The number of hydrogen-bond acceptors (Lipinski definition) is 5. The third-order valence-corrected chi connectivity index (χ3v) is 4.43. The van der Waals surface area contributed by atoms with Gasteiger partial charge in [0.1, 0.15) is 23.8 Å². The summed E-state index contributed by atoms with van der Waals surface area (Å²) < 4.78 is 70.0. The van der Waals surface area contributed by atoms with E-state index in [1.54, 1.807) is 6.07 Å². The van der Waals surface area contributed by atoms with E-state index in [4.69, 9.17) is 0 Å². The van der Waals surface area contributed by atoms with Gasteiger partial charge in [-0.3, -0.25) is 0 Å². The van der Waals surface area contributed by atoms with Gasteiger partial charge in [-0.2, -0.15) is 13.2 Å². The first-order valence-electron chi connectivity index (χ1n) is 7.91. The Hall–Kier alpha value is -2.88. The molecule has 1 heterocycles. The molecule has 0 unspecified atom stereocenters. The lowest BCUT2D eigenvalue weighted by Crippen LogP contribution is -2.12. The molecule has 10 heteroatoms. The molecule has 4 nitrogen and oxygen atoms in total. The van der Waals surface area contributed by atoms with Gasteiger partial charge in [-0.25, -0.2) is 18.7 Å². The topological polar surface area (TPSA) is 49.8 Å². The van der Waals surface area contributed by atoms with Crippen molar-refractivity contribution in [1.29, 1.82) is 0 Å². The molecule has 1 aromatic heterocycles. The summed E-state index contributed by atoms with van der Waals surface area (Å²) in [6.07, 6.45) is -1.83. The minimum atomic E-state index is -4.63. The van der Waals surface area contributed by atoms with Crippen LogP contribution in [0, 0.1) is 11.6 Å². The molecule has 0 aliphatic heterocycles. The first kappa shape index (κ1) is 19.9. The predicted octanol–water partition coefficient (Wildman–Crippen LogP) is 5.50. The second-order valence-corrected chi connectivity index (χ2v) is 6.47. The maximum Gasteiger partial charge on any atom is 0.418 e. The van der Waals surface area contributed by atoms with Crippen molar-refractivity contribution >= 4 is 23.5 Å². The number of hydrogen-bond donors (Lipinski definition) is 2. The van der Waals surface area contributed by atoms with Gasteiger partial charge in [0.15, 0.2) is 0 Å². The van der Waals surface area contributed by atoms with Crippen molar-refractivity contribution < 1.29 is 22.0 Å². The number of halogens is 5. The Bertz CT molecular complexity index is 950. The van der Waals surface area contributed by atoms with Crippen LogP contribution in [0.5, 0.6) is 0 Å². The van der Waals surface area contributed by atoms with Crippen molar-refractivity contribution in [2.75, 3.05) is 10.0 Å². The van der Waals surface area contributed by atoms with E-state index in [0.717, 1.165) is 36.2 Å². The molecule has 0 saturated heterocycles. The fourth-order valence-corrected chi connectivity index (χ4v) is 2.96. The van der Waals surface area contributed by atoms with Crippen LogP contribution in [-0.4, -0.2) is 9.97 Å². The van der Waals surface area contributed by atoms with Crippen LogP contribution in [0.15, 0.2) is 59.9 Å².